The van der Waals surface area contributed by atoms with Crippen molar-refractivity contribution < 1.29 is 9.18 Å². The van der Waals surface area contributed by atoms with E-state index in [0.29, 0.717) is 35.9 Å². The van der Waals surface area contributed by atoms with Crippen LogP contribution in [0.4, 0.5) is 21.8 Å². The minimum Gasteiger partial charge on any atom is -0.354 e. The van der Waals surface area contributed by atoms with Crippen molar-refractivity contribution in [2.45, 2.75) is 20.3 Å². The molecule has 0 unspecified atom stereocenters. The number of halogens is 1. The Balaban J connectivity index is 1.68. The Morgan fingerprint density at radius 2 is 1.89 bits per heavy atom. The normalized spacial score (nSPS) is 10.5. The van der Waals surface area contributed by atoms with Gasteiger partial charge in [0.1, 0.15) is 11.6 Å². The van der Waals surface area contributed by atoms with Crippen LogP contribution in [0.5, 0.6) is 0 Å². The van der Waals surface area contributed by atoms with Gasteiger partial charge >= 0.3 is 0 Å². The number of aromatic nitrogens is 2. The minimum absolute atomic E-state index is 0.00742. The van der Waals surface area contributed by atoms with Crippen LogP contribution < -0.4 is 10.6 Å². The van der Waals surface area contributed by atoms with Crippen LogP contribution >= 0.6 is 0 Å². The molecule has 0 fully saturated rings. The van der Waals surface area contributed by atoms with Crippen LogP contribution in [0, 0.1) is 12.7 Å². The fourth-order valence-corrected chi connectivity index (χ4v) is 2.69. The molecular formula is C21H21FN4O. The second kappa shape index (κ2) is 8.40. The Kier molecular flexibility index (Phi) is 5.76. The maximum Gasteiger partial charge on any atom is 0.224 e. The van der Waals surface area contributed by atoms with E-state index in [2.05, 4.69) is 20.6 Å². The maximum atomic E-state index is 13.7. The van der Waals surface area contributed by atoms with Gasteiger partial charge in [0.2, 0.25) is 5.95 Å². The fraction of sp³-hybridized carbons (Fsp3) is 0.190. The predicted octanol–water partition coefficient (Wildman–Crippen LogP) is 4.52. The van der Waals surface area contributed by atoms with Crippen molar-refractivity contribution in [1.29, 1.82) is 0 Å². The average Bonchev–Trinajstić information content (AvgIpc) is 2.63. The number of carbonyl (C=O) groups excluding carboxylic acids is 1. The number of anilines is 3. The molecule has 2 N–H and O–H groups in total. The summed E-state index contributed by atoms with van der Waals surface area (Å²) in [6.45, 7) is 3.93. The fourth-order valence-electron chi connectivity index (χ4n) is 2.69. The van der Waals surface area contributed by atoms with Gasteiger partial charge in [0.15, 0.2) is 5.78 Å². The molecule has 0 bridgehead atoms. The highest BCUT2D eigenvalue weighted by Gasteiger charge is 2.06. The highest BCUT2D eigenvalue weighted by Crippen LogP contribution is 2.18. The van der Waals surface area contributed by atoms with E-state index >= 15 is 0 Å². The maximum absolute atomic E-state index is 13.7. The van der Waals surface area contributed by atoms with Gasteiger partial charge in [-0.15, -0.1) is 0 Å². The van der Waals surface area contributed by atoms with Crippen LogP contribution in [0.25, 0.3) is 0 Å². The van der Waals surface area contributed by atoms with Crippen LogP contribution in [-0.2, 0) is 6.42 Å². The third-order valence-corrected chi connectivity index (χ3v) is 4.03. The zero-order valence-electron chi connectivity index (χ0n) is 15.3. The van der Waals surface area contributed by atoms with E-state index in [4.69, 9.17) is 0 Å². The topological polar surface area (TPSA) is 66.9 Å². The average molecular weight is 364 g/mol. The molecule has 1 aromatic heterocycles. The lowest BCUT2D eigenvalue weighted by Gasteiger charge is -2.11. The molecule has 0 aliphatic carbocycles. The van der Waals surface area contributed by atoms with Crippen molar-refractivity contribution in [2.24, 2.45) is 0 Å². The number of benzene rings is 2. The van der Waals surface area contributed by atoms with Crippen molar-refractivity contribution in [2.75, 3.05) is 17.2 Å². The summed E-state index contributed by atoms with van der Waals surface area (Å²) in [7, 11) is 0. The Morgan fingerprint density at radius 3 is 2.67 bits per heavy atom. The van der Waals surface area contributed by atoms with E-state index < -0.39 is 0 Å². The first-order chi connectivity index (χ1) is 13.0. The summed E-state index contributed by atoms with van der Waals surface area (Å²) in [5, 5.41) is 6.33. The van der Waals surface area contributed by atoms with Gasteiger partial charge in [0, 0.05) is 29.6 Å². The highest BCUT2D eigenvalue weighted by atomic mass is 19.1. The molecule has 138 valence electrons. The number of hydrogen-bond acceptors (Lipinski definition) is 5. The van der Waals surface area contributed by atoms with Gasteiger partial charge in [-0.1, -0.05) is 30.3 Å². The predicted molar refractivity (Wildman–Crippen MR) is 105 cm³/mol. The molecule has 3 rings (SSSR count). The summed E-state index contributed by atoms with van der Waals surface area (Å²) in [4.78, 5) is 20.3. The van der Waals surface area contributed by atoms with Gasteiger partial charge in [-0.05, 0) is 44.0 Å². The molecule has 27 heavy (non-hydrogen) atoms. The molecule has 0 aliphatic rings. The third-order valence-electron chi connectivity index (χ3n) is 4.03. The lowest BCUT2D eigenvalue weighted by Crippen LogP contribution is -2.10. The van der Waals surface area contributed by atoms with Gasteiger partial charge in [-0.3, -0.25) is 4.79 Å². The van der Waals surface area contributed by atoms with E-state index in [1.165, 1.54) is 13.0 Å². The third kappa shape index (κ3) is 5.10. The van der Waals surface area contributed by atoms with E-state index in [9.17, 15) is 9.18 Å². The first kappa shape index (κ1) is 18.5. The molecule has 2 aromatic carbocycles. The summed E-state index contributed by atoms with van der Waals surface area (Å²) >= 11 is 0. The lowest BCUT2D eigenvalue weighted by molar-refractivity contribution is 0.101. The number of hydrogen-bond donors (Lipinski definition) is 2. The van der Waals surface area contributed by atoms with Crippen LogP contribution in [0.1, 0.15) is 28.5 Å². The number of aryl methyl sites for hydroxylation is 1. The highest BCUT2D eigenvalue weighted by molar-refractivity contribution is 5.95. The molecule has 1 heterocycles. The Labute approximate surface area is 157 Å². The minimum atomic E-state index is -0.211. The number of rotatable bonds is 7. The second-order valence-electron chi connectivity index (χ2n) is 6.25. The quantitative estimate of drug-likeness (QED) is 0.603. The molecule has 5 nitrogen and oxygen atoms in total. The summed E-state index contributed by atoms with van der Waals surface area (Å²) in [6.07, 6.45) is 0.535. The zero-order chi connectivity index (χ0) is 19.2. The van der Waals surface area contributed by atoms with Crippen molar-refractivity contribution in [3.05, 3.63) is 77.2 Å². The zero-order valence-corrected chi connectivity index (χ0v) is 15.3. The first-order valence-corrected chi connectivity index (χ1v) is 8.72. The standard InChI is InChI=1S/C21H21FN4O/c1-14-12-20(25-18-8-5-7-17(13-18)15(2)27)26-21(24-14)23-11-10-16-6-3-4-9-19(16)22/h3-9,12-13H,10-11H2,1-2H3,(H2,23,24,25,26). The molecule has 0 aliphatic heterocycles. The number of carbonyl (C=O) groups is 1. The van der Waals surface area contributed by atoms with Gasteiger partial charge in [0.25, 0.3) is 0 Å². The molecule has 0 amide bonds. The van der Waals surface area contributed by atoms with Crippen LogP contribution in [0.2, 0.25) is 0 Å². The summed E-state index contributed by atoms with van der Waals surface area (Å²) in [5.41, 5.74) is 2.85. The summed E-state index contributed by atoms with van der Waals surface area (Å²) in [5.74, 6) is 0.887. The molecule has 0 radical (unpaired) electrons. The van der Waals surface area contributed by atoms with Crippen molar-refractivity contribution in [1.82, 2.24) is 9.97 Å². The molecule has 3 aromatic rings. The molecular weight excluding hydrogens is 343 g/mol. The monoisotopic (exact) mass is 364 g/mol. The summed E-state index contributed by atoms with van der Waals surface area (Å²) in [6, 6.07) is 15.8. The van der Waals surface area contributed by atoms with E-state index in [1.54, 1.807) is 24.3 Å². The molecule has 0 saturated carbocycles. The lowest BCUT2D eigenvalue weighted by atomic mass is 10.1. The van der Waals surface area contributed by atoms with Gasteiger partial charge in [0.05, 0.1) is 0 Å². The number of nitrogens with zero attached hydrogens (tertiary/aromatic N) is 2. The van der Waals surface area contributed by atoms with Crippen molar-refractivity contribution in [3.63, 3.8) is 0 Å². The molecule has 0 atom stereocenters. The number of Topliss-reactive ketones (excluding diaryl/α,β-unsaturated/α-hetero) is 1. The molecule has 0 saturated heterocycles. The van der Waals surface area contributed by atoms with Crippen LogP contribution in [0.3, 0.4) is 0 Å². The summed E-state index contributed by atoms with van der Waals surface area (Å²) < 4.78 is 13.7. The van der Waals surface area contributed by atoms with Crippen molar-refractivity contribution in [3.8, 4) is 0 Å². The Hall–Kier alpha value is -3.28. The number of ketones is 1. The first-order valence-electron chi connectivity index (χ1n) is 8.72. The smallest absolute Gasteiger partial charge is 0.224 e. The van der Waals surface area contributed by atoms with Crippen molar-refractivity contribution >= 4 is 23.2 Å². The number of nitrogens with one attached hydrogen (secondary N) is 2. The SMILES string of the molecule is CC(=O)c1cccc(Nc2cc(C)nc(NCCc3ccccc3F)n2)c1. The van der Waals surface area contributed by atoms with Crippen LogP contribution in [0.15, 0.2) is 54.6 Å². The molecule has 0 spiro atoms. The van der Waals surface area contributed by atoms with Gasteiger partial charge in [-0.25, -0.2) is 9.37 Å². The van der Waals surface area contributed by atoms with E-state index in [-0.39, 0.29) is 11.6 Å². The van der Waals surface area contributed by atoms with E-state index in [0.717, 1.165) is 11.4 Å². The van der Waals surface area contributed by atoms with Gasteiger partial charge in [-0.2, -0.15) is 4.98 Å². The Bertz CT molecular complexity index is 958. The van der Waals surface area contributed by atoms with E-state index in [1.807, 2.05) is 31.2 Å². The van der Waals surface area contributed by atoms with Crippen LogP contribution in [-0.4, -0.2) is 22.3 Å². The van der Waals surface area contributed by atoms with Gasteiger partial charge < -0.3 is 10.6 Å². The molecule has 6 heteroatoms. The second-order valence-corrected chi connectivity index (χ2v) is 6.25. The largest absolute Gasteiger partial charge is 0.354 e. The Morgan fingerprint density at radius 1 is 1.07 bits per heavy atom.